The van der Waals surface area contributed by atoms with Crippen molar-refractivity contribution in [2.45, 2.75) is 57.2 Å². The summed E-state index contributed by atoms with van der Waals surface area (Å²) in [7, 11) is 0. The van der Waals surface area contributed by atoms with Gasteiger partial charge in [-0.15, -0.1) is 0 Å². The van der Waals surface area contributed by atoms with Crippen LogP contribution >= 0.6 is 0 Å². The Kier molecular flexibility index (Phi) is 4.76. The van der Waals surface area contributed by atoms with Crippen molar-refractivity contribution in [1.29, 1.82) is 0 Å². The van der Waals surface area contributed by atoms with Crippen molar-refractivity contribution in [2.24, 2.45) is 5.92 Å². The van der Waals surface area contributed by atoms with Gasteiger partial charge in [-0.1, -0.05) is 12.8 Å². The number of aromatic nitrogens is 1. The van der Waals surface area contributed by atoms with Crippen molar-refractivity contribution in [3.05, 3.63) is 39.4 Å². The maximum absolute atomic E-state index is 15.8. The van der Waals surface area contributed by atoms with Gasteiger partial charge >= 0.3 is 5.97 Å². The number of hydrogen-bond acceptors (Lipinski definition) is 4. The van der Waals surface area contributed by atoms with Gasteiger partial charge in [0.15, 0.2) is 17.5 Å². The highest BCUT2D eigenvalue weighted by Gasteiger charge is 2.36. The first-order chi connectivity index (χ1) is 14.8. The average molecular weight is 435 g/mol. The van der Waals surface area contributed by atoms with Crippen LogP contribution in [0.1, 0.15) is 55.4 Å². The first-order valence-corrected chi connectivity index (χ1v) is 10.8. The van der Waals surface area contributed by atoms with Crippen molar-refractivity contribution < 1.29 is 23.1 Å². The van der Waals surface area contributed by atoms with Crippen LogP contribution in [0.3, 0.4) is 0 Å². The number of fused-ring (bicyclic) bond motifs is 1. The molecule has 2 aliphatic carbocycles. The fourth-order valence-electron chi connectivity index (χ4n) is 4.81. The Hall–Kier alpha value is -2.55. The molecule has 0 bridgehead atoms. The SMILES string of the molecule is C[C@@H]1CN(c2c(F)c(F)c3c(=O)c(C(=O)O)cn(C4CC4)c3c2F)C[C@H](CC2CC2)N1. The van der Waals surface area contributed by atoms with Crippen LogP contribution in [0.2, 0.25) is 0 Å². The first-order valence-electron chi connectivity index (χ1n) is 10.8. The first kappa shape index (κ1) is 20.4. The third-order valence-electron chi connectivity index (χ3n) is 6.53. The lowest BCUT2D eigenvalue weighted by Crippen LogP contribution is -2.56. The van der Waals surface area contributed by atoms with Crippen molar-refractivity contribution in [2.75, 3.05) is 18.0 Å². The number of aromatic carboxylic acids is 1. The largest absolute Gasteiger partial charge is 0.477 e. The molecule has 9 heteroatoms. The van der Waals surface area contributed by atoms with E-state index in [0.29, 0.717) is 31.8 Å². The number of nitrogens with one attached hydrogen (secondary N) is 1. The maximum atomic E-state index is 15.8. The Balaban J connectivity index is 1.69. The summed E-state index contributed by atoms with van der Waals surface area (Å²) in [5, 5.41) is 12.0. The zero-order valence-electron chi connectivity index (χ0n) is 17.1. The standard InChI is InChI=1S/C22H24F3N3O3/c1-10-7-27(8-12(26-10)6-11-2-3-11)20-17(24)16(23)15-19(18(20)25)28(13-4-5-13)9-14(21(15)29)22(30)31/h9-13,26H,2-8H2,1H3,(H,30,31)/t10-,12+/m1/s1. The van der Waals surface area contributed by atoms with Gasteiger partial charge in [-0.05, 0) is 32.1 Å². The molecule has 0 radical (unpaired) electrons. The fraction of sp³-hybridized carbons (Fsp3) is 0.545. The molecule has 2 N–H and O–H groups in total. The van der Waals surface area contributed by atoms with Gasteiger partial charge in [0, 0.05) is 37.4 Å². The lowest BCUT2D eigenvalue weighted by molar-refractivity contribution is 0.0694. The predicted octanol–water partition coefficient (Wildman–Crippen LogP) is 3.42. The number of piperazine rings is 1. The Labute approximate surface area is 176 Å². The number of carboxylic acids is 1. The molecule has 3 fully saturated rings. The van der Waals surface area contributed by atoms with Gasteiger partial charge in [-0.25, -0.2) is 18.0 Å². The molecule has 0 spiro atoms. The third kappa shape index (κ3) is 3.48. The van der Waals surface area contributed by atoms with Gasteiger partial charge in [0.2, 0.25) is 5.43 Å². The predicted molar refractivity (Wildman–Crippen MR) is 109 cm³/mol. The summed E-state index contributed by atoms with van der Waals surface area (Å²) in [6, 6.07) is -0.248. The Morgan fingerprint density at radius 3 is 2.45 bits per heavy atom. The van der Waals surface area contributed by atoms with Gasteiger partial charge in [0.05, 0.1) is 10.9 Å². The Bertz CT molecular complexity index is 1140. The van der Waals surface area contributed by atoms with Gasteiger partial charge in [0.25, 0.3) is 0 Å². The Morgan fingerprint density at radius 1 is 1.13 bits per heavy atom. The number of nitrogens with zero attached hydrogens (tertiary/aromatic N) is 2. The molecule has 31 heavy (non-hydrogen) atoms. The molecule has 2 saturated carbocycles. The van der Waals surface area contributed by atoms with E-state index in [1.807, 2.05) is 6.92 Å². The summed E-state index contributed by atoms with van der Waals surface area (Å²) in [5.41, 5.74) is -2.72. The van der Waals surface area contributed by atoms with Crippen LogP contribution in [0.4, 0.5) is 18.9 Å². The topological polar surface area (TPSA) is 74.6 Å². The zero-order valence-corrected chi connectivity index (χ0v) is 17.1. The summed E-state index contributed by atoms with van der Waals surface area (Å²) in [6.45, 7) is 2.54. The summed E-state index contributed by atoms with van der Waals surface area (Å²) >= 11 is 0. The highest BCUT2D eigenvalue weighted by molar-refractivity contribution is 5.94. The van der Waals surface area contributed by atoms with E-state index in [2.05, 4.69) is 5.32 Å². The van der Waals surface area contributed by atoms with Crippen molar-refractivity contribution >= 4 is 22.6 Å². The molecule has 0 amide bonds. The Morgan fingerprint density at radius 2 is 1.84 bits per heavy atom. The van der Waals surface area contributed by atoms with E-state index in [9.17, 15) is 14.7 Å². The lowest BCUT2D eigenvalue weighted by Gasteiger charge is -2.39. The minimum atomic E-state index is -1.55. The molecule has 2 atom stereocenters. The van der Waals surface area contributed by atoms with Gasteiger partial charge in [0.1, 0.15) is 11.3 Å². The second-order valence-corrected chi connectivity index (χ2v) is 9.18. The number of halogens is 3. The molecule has 3 aliphatic rings. The van der Waals surface area contributed by atoms with E-state index >= 15 is 13.2 Å². The minimum absolute atomic E-state index is 0.0359. The molecule has 1 aromatic heterocycles. The van der Waals surface area contributed by atoms with Crippen molar-refractivity contribution in [3.63, 3.8) is 0 Å². The minimum Gasteiger partial charge on any atom is -0.477 e. The number of carbonyl (C=O) groups is 1. The van der Waals surface area contributed by atoms with Crippen LogP contribution in [0, 0.1) is 23.4 Å². The molecule has 1 aliphatic heterocycles. The summed E-state index contributed by atoms with van der Waals surface area (Å²) in [6.07, 6.45) is 5.57. The van der Waals surface area contributed by atoms with E-state index in [4.69, 9.17) is 0 Å². The van der Waals surface area contributed by atoms with Crippen molar-refractivity contribution in [3.8, 4) is 0 Å². The van der Waals surface area contributed by atoms with E-state index in [1.165, 1.54) is 9.47 Å². The molecule has 1 aromatic carbocycles. The molecule has 5 rings (SSSR count). The molecule has 1 saturated heterocycles. The molecule has 0 unspecified atom stereocenters. The van der Waals surface area contributed by atoms with E-state index in [0.717, 1.165) is 25.5 Å². The molecular weight excluding hydrogens is 411 g/mol. The highest BCUT2D eigenvalue weighted by Crippen LogP contribution is 2.41. The molecule has 6 nitrogen and oxygen atoms in total. The molecule has 2 aromatic rings. The van der Waals surface area contributed by atoms with Crippen LogP contribution in [0.5, 0.6) is 0 Å². The highest BCUT2D eigenvalue weighted by atomic mass is 19.2. The quantitative estimate of drug-likeness (QED) is 0.704. The maximum Gasteiger partial charge on any atom is 0.341 e. The van der Waals surface area contributed by atoms with Gasteiger partial charge in [-0.3, -0.25) is 4.79 Å². The van der Waals surface area contributed by atoms with Crippen LogP contribution in [0.25, 0.3) is 10.9 Å². The smallest absolute Gasteiger partial charge is 0.341 e. The van der Waals surface area contributed by atoms with E-state index in [-0.39, 0.29) is 23.6 Å². The van der Waals surface area contributed by atoms with Gasteiger partial charge in [-0.2, -0.15) is 0 Å². The van der Waals surface area contributed by atoms with E-state index in [1.54, 1.807) is 0 Å². The monoisotopic (exact) mass is 435 g/mol. The summed E-state index contributed by atoms with van der Waals surface area (Å²) in [4.78, 5) is 25.6. The average Bonchev–Trinajstić information content (AvgIpc) is 3.60. The second-order valence-electron chi connectivity index (χ2n) is 9.18. The number of hydrogen-bond donors (Lipinski definition) is 2. The van der Waals surface area contributed by atoms with Crippen molar-refractivity contribution in [1.82, 2.24) is 9.88 Å². The zero-order chi connectivity index (χ0) is 22.0. The molecule has 166 valence electrons. The molecular formula is C22H24F3N3O3. The number of anilines is 1. The lowest BCUT2D eigenvalue weighted by atomic mass is 10.0. The fourth-order valence-corrected chi connectivity index (χ4v) is 4.81. The van der Waals surface area contributed by atoms with Crippen LogP contribution < -0.4 is 15.6 Å². The summed E-state index contributed by atoms with van der Waals surface area (Å²) in [5.74, 6) is -4.87. The number of carboxylic acid groups (broad SMARTS) is 1. The third-order valence-corrected chi connectivity index (χ3v) is 6.53. The second kappa shape index (κ2) is 7.25. The number of pyridine rings is 1. The van der Waals surface area contributed by atoms with Crippen LogP contribution in [-0.4, -0.2) is 40.8 Å². The van der Waals surface area contributed by atoms with Gasteiger partial charge < -0.3 is 19.9 Å². The molecule has 2 heterocycles. The van der Waals surface area contributed by atoms with Crippen LogP contribution in [0.15, 0.2) is 11.0 Å². The number of benzene rings is 1. The normalized spacial score (nSPS) is 24.1. The van der Waals surface area contributed by atoms with E-state index < -0.39 is 45.5 Å². The summed E-state index contributed by atoms with van der Waals surface area (Å²) < 4.78 is 47.5. The number of rotatable bonds is 5. The van der Waals surface area contributed by atoms with Crippen LogP contribution in [-0.2, 0) is 0 Å².